The zero-order valence-electron chi connectivity index (χ0n) is 19.4. The Morgan fingerprint density at radius 3 is 2.08 bits per heavy atom. The van der Waals surface area contributed by atoms with Gasteiger partial charge in [0.1, 0.15) is 0 Å². The Morgan fingerprint density at radius 2 is 1.27 bits per heavy atom. The lowest BCUT2D eigenvalue weighted by molar-refractivity contribution is 0.955. The summed E-state index contributed by atoms with van der Waals surface area (Å²) in [7, 11) is 0. The monoisotopic (exact) mass is 511 g/mol. The van der Waals surface area contributed by atoms with Gasteiger partial charge in [-0.2, -0.15) is 9.97 Å². The number of pyridine rings is 1. The maximum atomic E-state index is 5.06. The molecule has 0 N–H and O–H groups in total. The van der Waals surface area contributed by atoms with Crippen molar-refractivity contribution in [2.75, 3.05) is 0 Å². The molecular weight excluding hydrogens is 494 g/mol. The van der Waals surface area contributed by atoms with E-state index in [0.717, 1.165) is 22.2 Å². The summed E-state index contributed by atoms with van der Waals surface area (Å²) >= 11 is 3.70. The molecule has 0 spiro atoms. The highest BCUT2D eigenvalue weighted by Crippen LogP contribution is 2.48. The fraction of sp³-hybridized carbons (Fsp3) is 0. The van der Waals surface area contributed by atoms with Crippen LogP contribution in [0.15, 0.2) is 103 Å². The summed E-state index contributed by atoms with van der Waals surface area (Å²) in [5.41, 5.74) is 4.10. The summed E-state index contributed by atoms with van der Waals surface area (Å²) in [6.07, 6.45) is 3.54. The molecule has 5 heterocycles. The molecule has 0 aliphatic carbocycles. The first-order valence-electron chi connectivity index (χ1n) is 11.9. The second-order valence-corrected chi connectivity index (χ2v) is 11.1. The number of rotatable bonds is 3. The molecule has 37 heavy (non-hydrogen) atoms. The van der Waals surface area contributed by atoms with Crippen molar-refractivity contribution in [2.24, 2.45) is 0 Å². The number of hydrogen-bond donors (Lipinski definition) is 0. The largest absolute Gasteiger partial charge is 0.276 e. The lowest BCUT2D eigenvalue weighted by Gasteiger charge is -2.10. The predicted molar refractivity (Wildman–Crippen MR) is 154 cm³/mol. The Labute approximate surface area is 219 Å². The molecule has 0 bridgehead atoms. The Balaban J connectivity index is 1.52. The lowest BCUT2D eigenvalue weighted by atomic mass is 10.2. The van der Waals surface area contributed by atoms with Crippen molar-refractivity contribution in [3.8, 4) is 28.7 Å². The van der Waals surface area contributed by atoms with E-state index < -0.39 is 0 Å². The van der Waals surface area contributed by atoms with Crippen LogP contribution in [0.25, 0.3) is 69.3 Å². The Morgan fingerprint density at radius 1 is 0.595 bits per heavy atom. The van der Waals surface area contributed by atoms with Crippen LogP contribution in [-0.2, 0) is 0 Å². The van der Waals surface area contributed by atoms with Crippen molar-refractivity contribution >= 4 is 63.3 Å². The second kappa shape index (κ2) is 8.03. The number of nitrogens with zero attached hydrogens (tertiary/aromatic N) is 5. The van der Waals surface area contributed by atoms with Crippen LogP contribution in [0.4, 0.5) is 0 Å². The minimum absolute atomic E-state index is 0.613. The molecule has 7 heteroatoms. The molecule has 0 aliphatic rings. The summed E-state index contributed by atoms with van der Waals surface area (Å²) in [6.45, 7) is 0. The highest BCUT2D eigenvalue weighted by molar-refractivity contribution is 7.45. The third-order valence-corrected chi connectivity index (χ3v) is 9.09. The highest BCUT2D eigenvalue weighted by atomic mass is 32.2. The van der Waals surface area contributed by atoms with Crippen LogP contribution >= 0.6 is 22.7 Å². The van der Waals surface area contributed by atoms with Crippen LogP contribution in [0.3, 0.4) is 0 Å². The number of aromatic nitrogens is 5. The molecule has 0 fully saturated rings. The minimum atomic E-state index is 0.613. The molecule has 0 aliphatic heterocycles. The molecular formula is C30H17N5S2. The molecule has 5 aromatic heterocycles. The number of para-hydroxylation sites is 1. The van der Waals surface area contributed by atoms with Crippen molar-refractivity contribution in [3.05, 3.63) is 103 Å². The van der Waals surface area contributed by atoms with Gasteiger partial charge in [0.2, 0.25) is 5.95 Å². The first kappa shape index (κ1) is 20.7. The first-order chi connectivity index (χ1) is 18.3. The normalized spacial score (nSPS) is 11.8. The highest BCUT2D eigenvalue weighted by Gasteiger charge is 2.23. The lowest BCUT2D eigenvalue weighted by Crippen LogP contribution is -2.06. The zero-order valence-corrected chi connectivity index (χ0v) is 21.0. The topological polar surface area (TPSA) is 56.5 Å². The van der Waals surface area contributed by atoms with Gasteiger partial charge < -0.3 is 0 Å². The number of fused-ring (bicyclic) bond motifs is 7. The Hall–Kier alpha value is -4.46. The molecule has 0 unspecified atom stereocenters. The average Bonchev–Trinajstić information content (AvgIpc) is 3.60. The maximum absolute atomic E-state index is 5.06. The summed E-state index contributed by atoms with van der Waals surface area (Å²) < 4.78 is 6.09. The van der Waals surface area contributed by atoms with E-state index in [1.165, 1.54) is 29.6 Å². The average molecular weight is 512 g/mol. The van der Waals surface area contributed by atoms with Gasteiger partial charge in [0.25, 0.3) is 0 Å². The van der Waals surface area contributed by atoms with Crippen LogP contribution in [0.5, 0.6) is 0 Å². The minimum Gasteiger partial charge on any atom is -0.276 e. The molecule has 174 valence electrons. The van der Waals surface area contributed by atoms with Gasteiger partial charge in [-0.25, -0.2) is 4.98 Å². The van der Waals surface area contributed by atoms with Crippen molar-refractivity contribution in [2.45, 2.75) is 0 Å². The first-order valence-corrected chi connectivity index (χ1v) is 13.5. The van der Waals surface area contributed by atoms with Crippen molar-refractivity contribution < 1.29 is 0 Å². The second-order valence-electron chi connectivity index (χ2n) is 8.78. The fourth-order valence-corrected chi connectivity index (χ4v) is 7.66. The standard InChI is InChI=1S/C30H17N5S2/c1-2-8-18(9-3-1)27-32-28(19-14-16-31-17-15-19)34-30(33-27)35-22-12-6-4-10-20(22)26-25(35)24-21-11-5-7-13-23(21)36-29(24)37-26/h1-17H. The molecule has 8 rings (SSSR count). The maximum Gasteiger partial charge on any atom is 0.238 e. The van der Waals surface area contributed by atoms with E-state index in [-0.39, 0.29) is 0 Å². The van der Waals surface area contributed by atoms with E-state index >= 15 is 0 Å². The van der Waals surface area contributed by atoms with E-state index in [4.69, 9.17) is 15.0 Å². The van der Waals surface area contributed by atoms with Gasteiger partial charge in [0.05, 0.1) is 19.7 Å². The Kier molecular flexibility index (Phi) is 4.49. The van der Waals surface area contributed by atoms with E-state index in [1.807, 2.05) is 65.1 Å². The molecule has 0 amide bonds. The van der Waals surface area contributed by atoms with Crippen LogP contribution < -0.4 is 0 Å². The van der Waals surface area contributed by atoms with Crippen LogP contribution in [0, 0.1) is 0 Å². The number of hydrogen-bond acceptors (Lipinski definition) is 6. The van der Waals surface area contributed by atoms with Crippen LogP contribution in [0.2, 0.25) is 0 Å². The smallest absolute Gasteiger partial charge is 0.238 e. The molecule has 8 aromatic rings. The SMILES string of the molecule is c1ccc(-c2nc(-c3ccncc3)nc(-n3c4ccccc4c4sc5sc6ccccc6c5c43)n2)cc1. The molecule has 0 atom stereocenters. The third kappa shape index (κ3) is 3.15. The van der Waals surface area contributed by atoms with Crippen LogP contribution in [-0.4, -0.2) is 24.5 Å². The predicted octanol–water partition coefficient (Wildman–Crippen LogP) is 8.13. The number of thiophene rings is 2. The summed E-state index contributed by atoms with van der Waals surface area (Å²) in [6, 6.07) is 31.1. The van der Waals surface area contributed by atoms with E-state index in [1.54, 1.807) is 12.4 Å². The van der Waals surface area contributed by atoms with E-state index in [2.05, 4.69) is 58.1 Å². The van der Waals surface area contributed by atoms with Crippen molar-refractivity contribution in [3.63, 3.8) is 0 Å². The molecule has 0 saturated carbocycles. The Bertz CT molecular complexity index is 2030. The van der Waals surface area contributed by atoms with E-state index in [0.29, 0.717) is 17.6 Å². The fourth-order valence-electron chi connectivity index (χ4n) is 4.97. The summed E-state index contributed by atoms with van der Waals surface area (Å²) in [5.74, 6) is 1.88. The van der Waals surface area contributed by atoms with Gasteiger partial charge in [-0.1, -0.05) is 66.7 Å². The molecule has 3 aromatic carbocycles. The third-order valence-electron chi connectivity index (χ3n) is 6.62. The van der Waals surface area contributed by atoms with Gasteiger partial charge in [-0.15, -0.1) is 22.7 Å². The van der Waals surface area contributed by atoms with E-state index in [9.17, 15) is 0 Å². The van der Waals surface area contributed by atoms with Gasteiger partial charge in [-0.3, -0.25) is 9.55 Å². The van der Waals surface area contributed by atoms with Gasteiger partial charge in [-0.05, 0) is 24.3 Å². The summed E-state index contributed by atoms with van der Waals surface area (Å²) in [4.78, 5) is 19.2. The van der Waals surface area contributed by atoms with Gasteiger partial charge in [0, 0.05) is 44.4 Å². The van der Waals surface area contributed by atoms with Gasteiger partial charge in [0.15, 0.2) is 11.6 Å². The molecule has 0 saturated heterocycles. The molecule has 0 radical (unpaired) electrons. The van der Waals surface area contributed by atoms with Crippen molar-refractivity contribution in [1.82, 2.24) is 24.5 Å². The quantitative estimate of drug-likeness (QED) is 0.240. The zero-order chi connectivity index (χ0) is 24.3. The number of benzene rings is 3. The van der Waals surface area contributed by atoms with Crippen molar-refractivity contribution in [1.29, 1.82) is 0 Å². The van der Waals surface area contributed by atoms with Gasteiger partial charge >= 0.3 is 0 Å². The molecule has 5 nitrogen and oxygen atoms in total. The van der Waals surface area contributed by atoms with Crippen LogP contribution in [0.1, 0.15) is 0 Å². The summed E-state index contributed by atoms with van der Waals surface area (Å²) in [5, 5.41) is 3.75.